The number of nitrogen functional groups attached to an aromatic ring is 2. The average Bonchev–Trinajstić information content (AvgIpc) is 2.61. The van der Waals surface area contributed by atoms with Crippen molar-refractivity contribution in [1.29, 1.82) is 0 Å². The Kier molecular flexibility index (Phi) is 4.40. The summed E-state index contributed by atoms with van der Waals surface area (Å²) in [5, 5.41) is 0. The van der Waals surface area contributed by atoms with Crippen molar-refractivity contribution in [3.63, 3.8) is 0 Å². The molecule has 0 heterocycles. The van der Waals surface area contributed by atoms with Gasteiger partial charge in [0.15, 0.2) is 17.3 Å². The number of ketones is 3. The molecule has 0 spiro atoms. The van der Waals surface area contributed by atoms with E-state index in [4.69, 9.17) is 11.5 Å². The number of hydrogen-bond acceptors (Lipinski definition) is 5. The molecule has 5 heteroatoms. The van der Waals surface area contributed by atoms with Crippen LogP contribution in [0.15, 0.2) is 30.3 Å². The normalized spacial score (nSPS) is 12.7. The molecule has 0 saturated heterocycles. The fraction of sp³-hybridized carbons (Fsp3) is 0.250. The summed E-state index contributed by atoms with van der Waals surface area (Å²) in [4.78, 5) is 38.5. The van der Waals surface area contributed by atoms with Crippen molar-refractivity contribution >= 4 is 28.7 Å². The first-order chi connectivity index (χ1) is 12.0. The highest BCUT2D eigenvalue weighted by atomic mass is 16.1. The molecule has 25 heavy (non-hydrogen) atoms. The van der Waals surface area contributed by atoms with Crippen LogP contribution in [0.5, 0.6) is 0 Å². The highest BCUT2D eigenvalue weighted by Gasteiger charge is 2.35. The maximum Gasteiger partial charge on any atom is 0.196 e. The molecule has 128 valence electrons. The minimum Gasteiger partial charge on any atom is -0.397 e. The predicted octanol–water partition coefficient (Wildman–Crippen LogP) is 3.39. The summed E-state index contributed by atoms with van der Waals surface area (Å²) >= 11 is 0. The molecule has 3 rings (SSSR count). The van der Waals surface area contributed by atoms with Gasteiger partial charge in [0.1, 0.15) is 0 Å². The van der Waals surface area contributed by atoms with E-state index in [-0.39, 0.29) is 45.4 Å². The summed E-state index contributed by atoms with van der Waals surface area (Å²) in [7, 11) is 0. The van der Waals surface area contributed by atoms with Crippen LogP contribution in [-0.2, 0) is 0 Å². The quantitative estimate of drug-likeness (QED) is 0.422. The average molecular weight is 336 g/mol. The zero-order chi connectivity index (χ0) is 18.1. The third kappa shape index (κ3) is 2.71. The molecule has 4 N–H and O–H groups in total. The molecule has 0 fully saturated rings. The van der Waals surface area contributed by atoms with Crippen molar-refractivity contribution in [3.8, 4) is 0 Å². The van der Waals surface area contributed by atoms with Crippen LogP contribution in [0.4, 0.5) is 11.4 Å². The highest BCUT2D eigenvalue weighted by molar-refractivity contribution is 6.33. The van der Waals surface area contributed by atoms with Gasteiger partial charge >= 0.3 is 0 Å². The number of Topliss-reactive ketones (excluding diaryl/α,β-unsaturated/α-hetero) is 1. The van der Waals surface area contributed by atoms with Crippen LogP contribution in [0.1, 0.15) is 74.8 Å². The van der Waals surface area contributed by atoms with E-state index in [1.807, 2.05) is 6.92 Å². The number of nitrogens with two attached hydrogens (primary N) is 2. The van der Waals surface area contributed by atoms with Crippen molar-refractivity contribution in [2.45, 2.75) is 32.6 Å². The van der Waals surface area contributed by atoms with Gasteiger partial charge in [-0.3, -0.25) is 14.4 Å². The van der Waals surface area contributed by atoms with Gasteiger partial charge in [-0.15, -0.1) is 0 Å². The van der Waals surface area contributed by atoms with Crippen LogP contribution in [0.25, 0.3) is 0 Å². The van der Waals surface area contributed by atoms with Gasteiger partial charge in [0, 0.05) is 28.7 Å². The Labute approximate surface area is 146 Å². The zero-order valence-electron chi connectivity index (χ0n) is 14.1. The van der Waals surface area contributed by atoms with Gasteiger partial charge < -0.3 is 11.5 Å². The van der Waals surface area contributed by atoms with Crippen LogP contribution in [0, 0.1) is 0 Å². The molecule has 0 unspecified atom stereocenters. The summed E-state index contributed by atoms with van der Waals surface area (Å²) in [5.41, 5.74) is 13.1. The lowest BCUT2D eigenvalue weighted by Crippen LogP contribution is -2.26. The third-order valence-electron chi connectivity index (χ3n) is 4.58. The Hall–Kier alpha value is -2.95. The number of benzene rings is 2. The maximum atomic E-state index is 13.0. The van der Waals surface area contributed by atoms with Gasteiger partial charge in [-0.1, -0.05) is 44.0 Å². The second-order valence-corrected chi connectivity index (χ2v) is 6.26. The molecule has 0 aromatic heterocycles. The largest absolute Gasteiger partial charge is 0.397 e. The van der Waals surface area contributed by atoms with Gasteiger partial charge in [-0.2, -0.15) is 0 Å². The third-order valence-corrected chi connectivity index (χ3v) is 4.58. The SMILES string of the molecule is CCCCCC(=O)c1cc(N)c(N)c2c1C(=O)c1ccccc1C2=O. The molecule has 0 amide bonds. The predicted molar refractivity (Wildman–Crippen MR) is 97.0 cm³/mol. The van der Waals surface area contributed by atoms with Crippen molar-refractivity contribution in [3.05, 3.63) is 58.1 Å². The van der Waals surface area contributed by atoms with Crippen LogP contribution in [0.3, 0.4) is 0 Å². The monoisotopic (exact) mass is 336 g/mol. The highest BCUT2D eigenvalue weighted by Crippen LogP contribution is 2.36. The summed E-state index contributed by atoms with van der Waals surface area (Å²) in [6, 6.07) is 7.99. The molecule has 0 atom stereocenters. The number of fused-ring (bicyclic) bond motifs is 2. The Morgan fingerprint density at radius 2 is 1.56 bits per heavy atom. The van der Waals surface area contributed by atoms with Gasteiger partial charge in [0.25, 0.3) is 0 Å². The molecule has 0 saturated carbocycles. The molecule has 5 nitrogen and oxygen atoms in total. The molecular formula is C20H20N2O3. The lowest BCUT2D eigenvalue weighted by Gasteiger charge is -2.22. The van der Waals surface area contributed by atoms with Gasteiger partial charge in [-0.25, -0.2) is 0 Å². The van der Waals surface area contributed by atoms with E-state index < -0.39 is 0 Å². The first kappa shape index (κ1) is 16.9. The topological polar surface area (TPSA) is 103 Å². The van der Waals surface area contributed by atoms with E-state index in [1.165, 1.54) is 6.07 Å². The van der Waals surface area contributed by atoms with Gasteiger partial charge in [0.05, 0.1) is 16.9 Å². The number of hydrogen-bond donors (Lipinski definition) is 2. The van der Waals surface area contributed by atoms with Crippen molar-refractivity contribution in [2.24, 2.45) is 0 Å². The summed E-state index contributed by atoms with van der Waals surface area (Å²) < 4.78 is 0. The van der Waals surface area contributed by atoms with Crippen LogP contribution in [0.2, 0.25) is 0 Å². The van der Waals surface area contributed by atoms with Gasteiger partial charge in [0.2, 0.25) is 0 Å². The first-order valence-corrected chi connectivity index (χ1v) is 8.41. The number of anilines is 2. The number of unbranched alkanes of at least 4 members (excludes halogenated alkanes) is 2. The fourth-order valence-electron chi connectivity index (χ4n) is 3.23. The molecule has 1 aliphatic carbocycles. The lowest BCUT2D eigenvalue weighted by atomic mass is 9.79. The molecule has 0 bridgehead atoms. The summed E-state index contributed by atoms with van der Waals surface area (Å²) in [6.07, 6.45) is 2.95. The Morgan fingerprint density at radius 3 is 2.16 bits per heavy atom. The van der Waals surface area contributed by atoms with Crippen molar-refractivity contribution in [1.82, 2.24) is 0 Å². The van der Waals surface area contributed by atoms with Crippen molar-refractivity contribution in [2.75, 3.05) is 11.5 Å². The van der Waals surface area contributed by atoms with E-state index >= 15 is 0 Å². The van der Waals surface area contributed by atoms with E-state index in [2.05, 4.69) is 0 Å². The maximum absolute atomic E-state index is 13.0. The zero-order valence-corrected chi connectivity index (χ0v) is 14.1. The van der Waals surface area contributed by atoms with E-state index in [0.29, 0.717) is 17.5 Å². The molecule has 0 radical (unpaired) electrons. The lowest BCUT2D eigenvalue weighted by molar-refractivity contribution is 0.0955. The fourth-order valence-corrected chi connectivity index (χ4v) is 3.23. The Morgan fingerprint density at radius 1 is 0.960 bits per heavy atom. The summed E-state index contributed by atoms with van der Waals surface area (Å²) in [6.45, 7) is 2.05. The minimum atomic E-state index is -0.363. The van der Waals surface area contributed by atoms with Crippen LogP contribution < -0.4 is 11.5 Å². The van der Waals surface area contributed by atoms with Crippen LogP contribution in [-0.4, -0.2) is 17.3 Å². The first-order valence-electron chi connectivity index (χ1n) is 8.41. The van der Waals surface area contributed by atoms with E-state index in [1.54, 1.807) is 24.3 Å². The molecular weight excluding hydrogens is 316 g/mol. The van der Waals surface area contributed by atoms with E-state index in [9.17, 15) is 14.4 Å². The van der Waals surface area contributed by atoms with Gasteiger partial charge in [-0.05, 0) is 12.5 Å². The number of rotatable bonds is 5. The standard InChI is InChI=1S/C20H20N2O3/c1-2-3-4-9-15(23)13-10-14(21)18(22)17-16(13)19(24)11-7-5-6-8-12(11)20(17)25/h5-8,10H,2-4,9,21-22H2,1H3. The van der Waals surface area contributed by atoms with Crippen molar-refractivity contribution < 1.29 is 14.4 Å². The summed E-state index contributed by atoms with van der Waals surface area (Å²) in [5.74, 6) is -0.898. The van der Waals surface area contributed by atoms with E-state index in [0.717, 1.165) is 19.3 Å². The second kappa shape index (κ2) is 6.51. The minimum absolute atomic E-state index is 0.0579. The number of carbonyl (C=O) groups is 3. The Balaban J connectivity index is 2.18. The molecule has 1 aliphatic rings. The Bertz CT molecular complexity index is 900. The molecule has 0 aliphatic heterocycles. The van der Waals surface area contributed by atoms with Crippen LogP contribution >= 0.6 is 0 Å². The number of carbonyl (C=O) groups excluding carboxylic acids is 3. The smallest absolute Gasteiger partial charge is 0.196 e. The second-order valence-electron chi connectivity index (χ2n) is 6.26. The molecule has 2 aromatic rings. The molecule has 2 aromatic carbocycles.